The van der Waals surface area contributed by atoms with Crippen LogP contribution < -0.4 is 4.74 Å². The number of hydrogen-bond donors (Lipinski definition) is 0. The lowest BCUT2D eigenvalue weighted by atomic mass is 9.98. The number of hydrogen-bond acceptors (Lipinski definition) is 5. The van der Waals surface area contributed by atoms with E-state index in [2.05, 4.69) is 29.4 Å². The first-order chi connectivity index (χ1) is 16.0. The lowest BCUT2D eigenvalue weighted by Crippen LogP contribution is -2.58. The highest BCUT2D eigenvalue weighted by Gasteiger charge is 2.35. The molecule has 0 unspecified atom stereocenters. The molecule has 0 bridgehead atoms. The molecule has 0 spiro atoms. The van der Waals surface area contributed by atoms with Gasteiger partial charge in [-0.3, -0.25) is 9.59 Å². The highest BCUT2D eigenvalue weighted by Crippen LogP contribution is 2.22. The van der Waals surface area contributed by atoms with Crippen molar-refractivity contribution in [3.05, 3.63) is 72.0 Å². The number of likely N-dealkylation sites (N-methyl/N-ethyl adjacent to an activating group) is 1. The average molecular weight is 448 g/mol. The maximum absolute atomic E-state index is 13.1. The van der Waals surface area contributed by atoms with E-state index in [-0.39, 0.29) is 18.2 Å². The molecule has 172 valence electrons. The van der Waals surface area contributed by atoms with E-state index in [9.17, 15) is 9.59 Å². The van der Waals surface area contributed by atoms with Gasteiger partial charge in [-0.15, -0.1) is 0 Å². The van der Waals surface area contributed by atoms with Crippen LogP contribution in [0.15, 0.2) is 65.2 Å². The van der Waals surface area contributed by atoms with Crippen molar-refractivity contribution in [2.45, 2.75) is 32.2 Å². The molecule has 4 rings (SSSR count). The summed E-state index contributed by atoms with van der Waals surface area (Å²) >= 11 is 0. The predicted octanol–water partition coefficient (Wildman–Crippen LogP) is 3.58. The molecule has 1 aliphatic rings. The van der Waals surface area contributed by atoms with Gasteiger partial charge in [0.2, 0.25) is 11.8 Å². The Morgan fingerprint density at radius 3 is 2.55 bits per heavy atom. The second-order valence-corrected chi connectivity index (χ2v) is 8.19. The van der Waals surface area contributed by atoms with Crippen LogP contribution in [-0.2, 0) is 22.4 Å². The first-order valence-electron chi connectivity index (χ1n) is 11.3. The van der Waals surface area contributed by atoms with E-state index in [4.69, 9.17) is 9.26 Å². The van der Waals surface area contributed by atoms with Crippen LogP contribution in [0.25, 0.3) is 11.1 Å². The zero-order chi connectivity index (χ0) is 23.2. The van der Waals surface area contributed by atoms with E-state index >= 15 is 0 Å². The van der Waals surface area contributed by atoms with E-state index < -0.39 is 6.04 Å². The van der Waals surface area contributed by atoms with Crippen molar-refractivity contribution >= 4 is 11.8 Å². The van der Waals surface area contributed by atoms with E-state index in [1.54, 1.807) is 22.9 Å². The van der Waals surface area contributed by atoms with Crippen LogP contribution in [0.5, 0.6) is 5.88 Å². The largest absolute Gasteiger partial charge is 0.476 e. The van der Waals surface area contributed by atoms with Crippen molar-refractivity contribution in [3.8, 4) is 17.0 Å². The summed E-state index contributed by atoms with van der Waals surface area (Å²) < 4.78 is 10.5. The van der Waals surface area contributed by atoms with Gasteiger partial charge in [0, 0.05) is 45.5 Å². The highest BCUT2D eigenvalue weighted by molar-refractivity contribution is 5.89. The molecule has 1 aliphatic heterocycles. The van der Waals surface area contributed by atoms with Gasteiger partial charge in [0.25, 0.3) is 5.88 Å². The minimum atomic E-state index is -0.507. The van der Waals surface area contributed by atoms with Gasteiger partial charge in [-0.2, -0.15) is 0 Å². The Morgan fingerprint density at radius 1 is 1.09 bits per heavy atom. The molecule has 7 heteroatoms. The van der Waals surface area contributed by atoms with Gasteiger partial charge < -0.3 is 19.1 Å². The van der Waals surface area contributed by atoms with Crippen molar-refractivity contribution in [2.24, 2.45) is 0 Å². The fraction of sp³-hybridized carbons (Fsp3) is 0.346. The summed E-state index contributed by atoms with van der Waals surface area (Å²) in [5, 5.41) is 3.84. The number of carbonyl (C=O) groups is 2. The molecule has 0 saturated carbocycles. The summed E-state index contributed by atoms with van der Waals surface area (Å²) in [4.78, 5) is 29.4. The number of rotatable bonds is 8. The zero-order valence-corrected chi connectivity index (χ0v) is 19.1. The van der Waals surface area contributed by atoms with Crippen LogP contribution in [0, 0.1) is 0 Å². The van der Waals surface area contributed by atoms with Gasteiger partial charge in [0.15, 0.2) is 0 Å². The Kier molecular flexibility index (Phi) is 7.07. The van der Waals surface area contributed by atoms with Gasteiger partial charge in [0.1, 0.15) is 11.8 Å². The summed E-state index contributed by atoms with van der Waals surface area (Å²) in [5.74, 6) is 0.934. The molecule has 1 fully saturated rings. The highest BCUT2D eigenvalue weighted by atomic mass is 16.5. The monoisotopic (exact) mass is 447 g/mol. The molecule has 2 aromatic carbocycles. The van der Waals surface area contributed by atoms with Crippen LogP contribution >= 0.6 is 0 Å². The van der Waals surface area contributed by atoms with Crippen molar-refractivity contribution in [1.82, 2.24) is 15.0 Å². The molecule has 3 aromatic rings. The number of carbonyl (C=O) groups excluding carboxylic acids is 2. The molecule has 1 saturated heterocycles. The topological polar surface area (TPSA) is 75.9 Å². The van der Waals surface area contributed by atoms with Gasteiger partial charge in [-0.1, -0.05) is 54.6 Å². The quantitative estimate of drug-likeness (QED) is 0.528. The SMILES string of the molecule is CCOc1cc(CCC(=O)N2CCN(C)C(=O)[C@@H]2Cc2ccc(-c3ccccc3)cc2)on1. The third-order valence-corrected chi connectivity index (χ3v) is 5.94. The molecule has 1 aromatic heterocycles. The Bertz CT molecular complexity index is 1080. The number of nitrogens with zero attached hydrogens (tertiary/aromatic N) is 3. The molecular weight excluding hydrogens is 418 g/mol. The molecule has 1 atom stereocenters. The maximum Gasteiger partial charge on any atom is 0.254 e. The normalized spacial score (nSPS) is 16.2. The summed E-state index contributed by atoms with van der Waals surface area (Å²) in [6.07, 6.45) is 1.15. The van der Waals surface area contributed by atoms with E-state index in [1.165, 1.54) is 0 Å². The third-order valence-electron chi connectivity index (χ3n) is 5.94. The van der Waals surface area contributed by atoms with E-state index in [1.807, 2.05) is 37.3 Å². The van der Waals surface area contributed by atoms with Crippen molar-refractivity contribution in [2.75, 3.05) is 26.7 Å². The second kappa shape index (κ2) is 10.3. The smallest absolute Gasteiger partial charge is 0.254 e. The van der Waals surface area contributed by atoms with Crippen LogP contribution in [0.4, 0.5) is 0 Å². The molecule has 0 radical (unpaired) electrons. The predicted molar refractivity (Wildman–Crippen MR) is 125 cm³/mol. The molecule has 2 heterocycles. The Labute approximate surface area is 193 Å². The number of benzene rings is 2. The average Bonchev–Trinajstić information content (AvgIpc) is 3.29. The summed E-state index contributed by atoms with van der Waals surface area (Å²) in [6.45, 7) is 3.43. The number of piperazine rings is 1. The summed E-state index contributed by atoms with van der Waals surface area (Å²) in [7, 11) is 1.79. The van der Waals surface area contributed by atoms with Crippen LogP contribution in [0.1, 0.15) is 24.7 Å². The lowest BCUT2D eigenvalue weighted by molar-refractivity contribution is -0.150. The fourth-order valence-electron chi connectivity index (χ4n) is 4.10. The van der Waals surface area contributed by atoms with Gasteiger partial charge in [-0.25, -0.2) is 0 Å². The second-order valence-electron chi connectivity index (χ2n) is 8.19. The minimum Gasteiger partial charge on any atom is -0.476 e. The van der Waals surface area contributed by atoms with E-state index in [0.717, 1.165) is 16.7 Å². The lowest BCUT2D eigenvalue weighted by Gasteiger charge is -2.39. The zero-order valence-electron chi connectivity index (χ0n) is 19.1. The third kappa shape index (κ3) is 5.42. The van der Waals surface area contributed by atoms with Crippen LogP contribution in [0.3, 0.4) is 0 Å². The molecule has 0 N–H and O–H groups in total. The first-order valence-corrected chi connectivity index (χ1v) is 11.3. The molecule has 7 nitrogen and oxygen atoms in total. The Hall–Kier alpha value is -3.61. The standard InChI is InChI=1S/C26H29N3O4/c1-3-32-24-18-22(33-27-24)13-14-25(30)29-16-15-28(2)26(31)23(29)17-19-9-11-21(12-10-19)20-7-5-4-6-8-20/h4-12,18,23H,3,13-17H2,1-2H3/t23-/m0/s1. The molecular formula is C26H29N3O4. The molecule has 0 aliphatic carbocycles. The maximum atomic E-state index is 13.1. The molecule has 2 amide bonds. The van der Waals surface area contributed by atoms with Crippen molar-refractivity contribution in [3.63, 3.8) is 0 Å². The number of amides is 2. The first kappa shape index (κ1) is 22.6. The number of aryl methyl sites for hydroxylation is 1. The fourth-order valence-corrected chi connectivity index (χ4v) is 4.10. The number of aromatic nitrogens is 1. The van der Waals surface area contributed by atoms with Crippen molar-refractivity contribution in [1.29, 1.82) is 0 Å². The van der Waals surface area contributed by atoms with Crippen LogP contribution in [-0.4, -0.2) is 59.6 Å². The minimum absolute atomic E-state index is 0.0277. The van der Waals surface area contributed by atoms with Crippen LogP contribution in [0.2, 0.25) is 0 Å². The van der Waals surface area contributed by atoms with Gasteiger partial charge >= 0.3 is 0 Å². The number of ether oxygens (including phenoxy) is 1. The Morgan fingerprint density at radius 2 is 1.82 bits per heavy atom. The summed E-state index contributed by atoms with van der Waals surface area (Å²) in [5.41, 5.74) is 3.30. The molecule has 33 heavy (non-hydrogen) atoms. The van der Waals surface area contributed by atoms with Crippen molar-refractivity contribution < 1.29 is 18.8 Å². The Balaban J connectivity index is 1.43. The van der Waals surface area contributed by atoms with Gasteiger partial charge in [-0.05, 0) is 28.8 Å². The van der Waals surface area contributed by atoms with Gasteiger partial charge in [0.05, 0.1) is 6.61 Å². The summed E-state index contributed by atoms with van der Waals surface area (Å²) in [6, 6.07) is 19.6. The van der Waals surface area contributed by atoms with E-state index in [0.29, 0.717) is 44.2 Å².